The van der Waals surface area contributed by atoms with Crippen molar-refractivity contribution in [2.24, 2.45) is 5.92 Å². The Morgan fingerprint density at radius 3 is 2.31 bits per heavy atom. The summed E-state index contributed by atoms with van der Waals surface area (Å²) in [5.74, 6) is 0.457. The second kappa shape index (κ2) is 11.6. The molecule has 2 nitrogen and oxygen atoms in total. The van der Waals surface area contributed by atoms with E-state index in [4.69, 9.17) is 33.1 Å². The normalized spacial score (nSPS) is 14.6. The van der Waals surface area contributed by atoms with E-state index in [2.05, 4.69) is 20.8 Å². The Kier molecular flexibility index (Phi) is 14.4. The van der Waals surface area contributed by atoms with Crippen LogP contribution in [0.15, 0.2) is 0 Å². The van der Waals surface area contributed by atoms with Gasteiger partial charge in [-0.2, -0.15) is 0 Å². The van der Waals surface area contributed by atoms with Gasteiger partial charge in [-0.1, -0.05) is 51.8 Å². The maximum atomic E-state index is 5.44. The fourth-order valence-corrected chi connectivity index (χ4v) is 2.70. The van der Waals surface area contributed by atoms with Gasteiger partial charge < -0.3 is 21.3 Å². The monoisotopic (exact) mass is 333 g/mol. The van der Waals surface area contributed by atoms with Gasteiger partial charge in [-0.25, -0.2) is 0 Å². The number of hydrogen-bond donors (Lipinski definition) is 0. The minimum absolute atomic E-state index is 0. The van der Waals surface area contributed by atoms with Crippen molar-refractivity contribution in [1.82, 2.24) is 0 Å². The molecule has 0 N–H and O–H groups in total. The molecule has 92 valence electrons. The van der Waals surface area contributed by atoms with Crippen LogP contribution >= 0.6 is 5.69 Å². The summed E-state index contributed by atoms with van der Waals surface area (Å²) in [6.45, 7) is 7.59. The van der Waals surface area contributed by atoms with Crippen molar-refractivity contribution in [3.05, 3.63) is 0 Å². The number of rotatable bonds is 9. The van der Waals surface area contributed by atoms with Gasteiger partial charge in [0.1, 0.15) is 0 Å². The Bertz CT molecular complexity index is 203. The zero-order chi connectivity index (χ0) is 11.7. The van der Waals surface area contributed by atoms with E-state index in [-0.39, 0.29) is 19.5 Å². The quantitative estimate of drug-likeness (QED) is 0.274. The first kappa shape index (κ1) is 19.9. The van der Waals surface area contributed by atoms with Crippen molar-refractivity contribution in [2.45, 2.75) is 46.5 Å². The van der Waals surface area contributed by atoms with Gasteiger partial charge in [0, 0.05) is 0 Å². The van der Waals surface area contributed by atoms with Crippen LogP contribution in [-0.2, 0) is 52.6 Å². The van der Waals surface area contributed by atoms with E-state index >= 15 is 0 Å². The molecule has 16 heavy (non-hydrogen) atoms. The summed E-state index contributed by atoms with van der Waals surface area (Å²) < 4.78 is 10.9. The summed E-state index contributed by atoms with van der Waals surface area (Å²) in [5.41, 5.74) is -2.38. The van der Waals surface area contributed by atoms with E-state index in [1.807, 2.05) is 0 Å². The van der Waals surface area contributed by atoms with Crippen molar-refractivity contribution in [3.63, 3.8) is 0 Å². The molecule has 0 aliphatic carbocycles. The Morgan fingerprint density at radius 2 is 1.81 bits per heavy atom. The Hall–Kier alpha value is 1.54. The minimum atomic E-state index is -2.38. The smallest absolute Gasteiger partial charge is 0.691 e. The van der Waals surface area contributed by atoms with Crippen LogP contribution in [0, 0.1) is 5.92 Å². The molecule has 1 unspecified atom stereocenters. The van der Waals surface area contributed by atoms with Gasteiger partial charge in [-0.05, 0) is 12.3 Å². The van der Waals surface area contributed by atoms with Crippen molar-refractivity contribution < 1.29 is 28.5 Å². The molecule has 0 aromatic rings. The first-order chi connectivity index (χ1) is 6.98. The summed E-state index contributed by atoms with van der Waals surface area (Å²) in [6.07, 6.45) is 4.70. The zero-order valence-electron chi connectivity index (χ0n) is 10.6. The zero-order valence-corrected chi connectivity index (χ0v) is 16.1. The maximum Gasteiger partial charge on any atom is 2.00 e. The molecular weight excluding hydrogens is 313 g/mol. The molecule has 0 radical (unpaired) electrons. The molecule has 0 aromatic heterocycles. The molecular formula is C10H22O2PS2Zn+. The van der Waals surface area contributed by atoms with Gasteiger partial charge in [-0.15, -0.1) is 0 Å². The SMILES string of the molecule is CCCCCCOP(=S)([S-])OCC(C)C.[Zn+2]. The molecule has 0 amide bonds. The van der Waals surface area contributed by atoms with Gasteiger partial charge in [0.15, 0.2) is 0 Å². The van der Waals surface area contributed by atoms with Crippen LogP contribution in [0.2, 0.25) is 0 Å². The first-order valence-electron chi connectivity index (χ1n) is 5.58. The fourth-order valence-electron chi connectivity index (χ4n) is 0.983. The van der Waals surface area contributed by atoms with Gasteiger partial charge in [0.2, 0.25) is 0 Å². The molecule has 0 rings (SSSR count). The predicted octanol–water partition coefficient (Wildman–Crippen LogP) is 4.02. The average Bonchev–Trinajstić information content (AvgIpc) is 2.15. The topological polar surface area (TPSA) is 18.5 Å². The Balaban J connectivity index is 0. The average molecular weight is 335 g/mol. The minimum Gasteiger partial charge on any atom is -0.691 e. The summed E-state index contributed by atoms with van der Waals surface area (Å²) in [7, 11) is 0. The molecule has 0 aromatic carbocycles. The third kappa shape index (κ3) is 13.6. The van der Waals surface area contributed by atoms with E-state index in [0.29, 0.717) is 19.1 Å². The van der Waals surface area contributed by atoms with Crippen LogP contribution < -0.4 is 0 Å². The van der Waals surface area contributed by atoms with Gasteiger partial charge >= 0.3 is 19.5 Å². The van der Waals surface area contributed by atoms with Crippen LogP contribution in [0.3, 0.4) is 0 Å². The van der Waals surface area contributed by atoms with Crippen LogP contribution in [0.5, 0.6) is 0 Å². The largest absolute Gasteiger partial charge is 2.00 e. The molecule has 0 saturated heterocycles. The standard InChI is InChI=1S/C10H23O2PS2.Zn/c1-4-5-6-7-8-11-13(14,15)12-9-10(2)3;/h10H,4-9H2,1-3H3,(H,14,15);/q;+2/p-1. The van der Waals surface area contributed by atoms with E-state index in [1.54, 1.807) is 0 Å². The molecule has 6 heteroatoms. The van der Waals surface area contributed by atoms with Gasteiger partial charge in [0.05, 0.1) is 18.9 Å². The molecule has 0 saturated carbocycles. The van der Waals surface area contributed by atoms with Crippen molar-refractivity contribution in [2.75, 3.05) is 13.2 Å². The van der Waals surface area contributed by atoms with E-state index in [9.17, 15) is 0 Å². The third-order valence-corrected chi connectivity index (χ3v) is 4.04. The van der Waals surface area contributed by atoms with E-state index in [1.165, 1.54) is 19.3 Å². The van der Waals surface area contributed by atoms with Crippen LogP contribution in [-0.4, -0.2) is 13.2 Å². The van der Waals surface area contributed by atoms with Crippen LogP contribution in [0.25, 0.3) is 0 Å². The predicted molar refractivity (Wildman–Crippen MR) is 72.5 cm³/mol. The number of hydrogen-bond acceptors (Lipinski definition) is 4. The molecule has 0 aliphatic heterocycles. The summed E-state index contributed by atoms with van der Waals surface area (Å²) in [6, 6.07) is 0. The van der Waals surface area contributed by atoms with Crippen LogP contribution in [0.4, 0.5) is 0 Å². The molecule has 0 bridgehead atoms. The maximum absolute atomic E-state index is 5.44. The molecule has 0 fully saturated rings. The van der Waals surface area contributed by atoms with Crippen molar-refractivity contribution >= 4 is 29.7 Å². The third-order valence-electron chi connectivity index (χ3n) is 1.81. The van der Waals surface area contributed by atoms with E-state index in [0.717, 1.165) is 6.42 Å². The Morgan fingerprint density at radius 1 is 1.19 bits per heavy atom. The van der Waals surface area contributed by atoms with E-state index < -0.39 is 5.69 Å². The van der Waals surface area contributed by atoms with Crippen molar-refractivity contribution in [1.29, 1.82) is 0 Å². The van der Waals surface area contributed by atoms with Crippen LogP contribution in [0.1, 0.15) is 46.5 Å². The second-order valence-corrected chi connectivity index (χ2v) is 9.02. The van der Waals surface area contributed by atoms with Gasteiger partial charge in [-0.3, -0.25) is 0 Å². The molecule has 0 spiro atoms. The summed E-state index contributed by atoms with van der Waals surface area (Å²) in [4.78, 5) is 0. The second-order valence-electron chi connectivity index (χ2n) is 4.03. The Labute approximate surface area is 123 Å². The summed E-state index contributed by atoms with van der Waals surface area (Å²) >= 11 is 10.2. The van der Waals surface area contributed by atoms with Gasteiger partial charge in [0.25, 0.3) is 0 Å². The first-order valence-corrected chi connectivity index (χ1v) is 9.23. The molecule has 0 aliphatic rings. The van der Waals surface area contributed by atoms with Crippen molar-refractivity contribution in [3.8, 4) is 0 Å². The molecule has 0 heterocycles. The molecule has 1 atom stereocenters. The number of unbranched alkanes of at least 4 members (excludes halogenated alkanes) is 3. The fraction of sp³-hybridized carbons (Fsp3) is 1.00. The summed E-state index contributed by atoms with van der Waals surface area (Å²) in [5, 5.41) is 0.